The Morgan fingerprint density at radius 2 is 2.20 bits per heavy atom. The third kappa shape index (κ3) is 3.58. The molecule has 0 unspecified atom stereocenters. The minimum absolute atomic E-state index is 0.221. The number of amides is 1. The van der Waals surface area contributed by atoms with Crippen LogP contribution in [0.25, 0.3) is 0 Å². The van der Waals surface area contributed by atoms with Crippen LogP contribution in [0.2, 0.25) is 5.02 Å². The summed E-state index contributed by atoms with van der Waals surface area (Å²) >= 11 is 6.30. The van der Waals surface area contributed by atoms with Crippen LogP contribution in [0.1, 0.15) is 35.7 Å². The molecular formula is C19H23ClN4O. The van der Waals surface area contributed by atoms with Crippen molar-refractivity contribution in [1.29, 1.82) is 0 Å². The van der Waals surface area contributed by atoms with Gasteiger partial charge in [-0.05, 0) is 24.1 Å². The van der Waals surface area contributed by atoms with Crippen LogP contribution in [0.15, 0.2) is 30.3 Å². The average molecular weight is 359 g/mol. The Bertz CT molecular complexity index is 749. The quantitative estimate of drug-likeness (QED) is 0.914. The number of nitrogens with zero attached hydrogens (tertiary/aromatic N) is 3. The molecule has 6 heteroatoms. The molecule has 0 aliphatic carbocycles. The van der Waals surface area contributed by atoms with Crippen molar-refractivity contribution in [2.75, 3.05) is 19.6 Å². The third-order valence-corrected chi connectivity index (χ3v) is 5.55. The molecule has 0 saturated carbocycles. The van der Waals surface area contributed by atoms with Crippen LogP contribution in [-0.4, -0.2) is 40.2 Å². The van der Waals surface area contributed by atoms with Crippen LogP contribution >= 0.6 is 11.6 Å². The SMILES string of the molecule is O=C(CCc1cc2n(n1)CCNC2)N1CC[C@H](c2ccccc2Cl)C1. The fourth-order valence-electron chi connectivity index (χ4n) is 3.81. The molecular weight excluding hydrogens is 336 g/mol. The molecule has 2 aliphatic heterocycles. The highest BCUT2D eigenvalue weighted by atomic mass is 35.5. The smallest absolute Gasteiger partial charge is 0.222 e. The molecule has 2 aliphatic rings. The Kier molecular flexibility index (Phi) is 4.77. The largest absolute Gasteiger partial charge is 0.342 e. The molecule has 0 spiro atoms. The van der Waals surface area contributed by atoms with Crippen LogP contribution in [0.3, 0.4) is 0 Å². The fourth-order valence-corrected chi connectivity index (χ4v) is 4.10. The summed E-state index contributed by atoms with van der Waals surface area (Å²) in [7, 11) is 0. The van der Waals surface area contributed by atoms with Gasteiger partial charge >= 0.3 is 0 Å². The fraction of sp³-hybridized carbons (Fsp3) is 0.474. The lowest BCUT2D eigenvalue weighted by Gasteiger charge is -2.17. The number of likely N-dealkylation sites (tertiary alicyclic amines) is 1. The van der Waals surface area contributed by atoms with Gasteiger partial charge < -0.3 is 10.2 Å². The molecule has 1 fully saturated rings. The van der Waals surface area contributed by atoms with E-state index in [4.69, 9.17) is 11.6 Å². The van der Waals surface area contributed by atoms with Crippen molar-refractivity contribution in [3.63, 3.8) is 0 Å². The molecule has 4 rings (SSSR count). The van der Waals surface area contributed by atoms with E-state index in [1.807, 2.05) is 23.1 Å². The topological polar surface area (TPSA) is 50.2 Å². The molecule has 0 radical (unpaired) electrons. The number of aryl methyl sites for hydroxylation is 1. The first-order chi connectivity index (χ1) is 12.2. The van der Waals surface area contributed by atoms with E-state index in [2.05, 4.69) is 27.2 Å². The summed E-state index contributed by atoms with van der Waals surface area (Å²) in [5, 5.41) is 8.76. The molecule has 1 saturated heterocycles. The van der Waals surface area contributed by atoms with E-state index < -0.39 is 0 Å². The summed E-state index contributed by atoms with van der Waals surface area (Å²) in [5.74, 6) is 0.572. The maximum atomic E-state index is 12.6. The highest BCUT2D eigenvalue weighted by Crippen LogP contribution is 2.32. The molecule has 1 amide bonds. The van der Waals surface area contributed by atoms with Crippen molar-refractivity contribution in [2.24, 2.45) is 0 Å². The second-order valence-electron chi connectivity index (χ2n) is 6.87. The molecule has 1 aromatic heterocycles. The number of benzene rings is 1. The Labute approximate surface area is 153 Å². The van der Waals surface area contributed by atoms with Crippen molar-refractivity contribution in [1.82, 2.24) is 20.0 Å². The first-order valence-electron chi connectivity index (χ1n) is 8.99. The summed E-state index contributed by atoms with van der Waals surface area (Å²) < 4.78 is 2.06. The first kappa shape index (κ1) is 16.6. The second kappa shape index (κ2) is 7.18. The van der Waals surface area contributed by atoms with Crippen molar-refractivity contribution in [3.05, 3.63) is 52.3 Å². The van der Waals surface area contributed by atoms with Gasteiger partial charge in [-0.2, -0.15) is 5.10 Å². The number of nitrogens with one attached hydrogen (secondary N) is 1. The monoisotopic (exact) mass is 358 g/mol. The lowest BCUT2D eigenvalue weighted by atomic mass is 9.98. The number of aromatic nitrogens is 2. The van der Waals surface area contributed by atoms with Gasteiger partial charge in [0.25, 0.3) is 0 Å². The number of carbonyl (C=O) groups is 1. The third-order valence-electron chi connectivity index (χ3n) is 5.20. The molecule has 1 N–H and O–H groups in total. The number of rotatable bonds is 4. The second-order valence-corrected chi connectivity index (χ2v) is 7.28. The number of fused-ring (bicyclic) bond motifs is 1. The molecule has 1 aromatic carbocycles. The van der Waals surface area contributed by atoms with Gasteiger partial charge in [0, 0.05) is 50.0 Å². The number of hydrogen-bond donors (Lipinski definition) is 1. The molecule has 0 bridgehead atoms. The van der Waals surface area contributed by atoms with E-state index in [9.17, 15) is 4.79 Å². The Morgan fingerprint density at radius 3 is 3.04 bits per heavy atom. The van der Waals surface area contributed by atoms with Crippen molar-refractivity contribution < 1.29 is 4.79 Å². The molecule has 2 aromatic rings. The van der Waals surface area contributed by atoms with Crippen LogP contribution in [0, 0.1) is 0 Å². The number of carbonyl (C=O) groups excluding carboxylic acids is 1. The lowest BCUT2D eigenvalue weighted by Crippen LogP contribution is -2.28. The van der Waals surface area contributed by atoms with Crippen molar-refractivity contribution >= 4 is 17.5 Å². The predicted molar refractivity (Wildman–Crippen MR) is 97.6 cm³/mol. The molecule has 3 heterocycles. The number of hydrogen-bond acceptors (Lipinski definition) is 3. The predicted octanol–water partition coefficient (Wildman–Crippen LogP) is 2.59. The summed E-state index contributed by atoms with van der Waals surface area (Å²) in [5.41, 5.74) is 3.40. The zero-order valence-electron chi connectivity index (χ0n) is 14.2. The van der Waals surface area contributed by atoms with Gasteiger partial charge in [-0.25, -0.2) is 0 Å². The van der Waals surface area contributed by atoms with Gasteiger partial charge in [0.05, 0.1) is 17.9 Å². The Morgan fingerprint density at radius 1 is 1.32 bits per heavy atom. The van der Waals surface area contributed by atoms with Gasteiger partial charge in [-0.3, -0.25) is 9.48 Å². The molecule has 25 heavy (non-hydrogen) atoms. The van der Waals surface area contributed by atoms with E-state index in [-0.39, 0.29) is 5.91 Å². The van der Waals surface area contributed by atoms with Gasteiger partial charge in [0.1, 0.15) is 0 Å². The highest BCUT2D eigenvalue weighted by Gasteiger charge is 2.28. The first-order valence-corrected chi connectivity index (χ1v) is 9.37. The maximum Gasteiger partial charge on any atom is 0.222 e. The lowest BCUT2D eigenvalue weighted by molar-refractivity contribution is -0.130. The van der Waals surface area contributed by atoms with E-state index in [1.165, 1.54) is 5.69 Å². The Balaban J connectivity index is 1.33. The van der Waals surface area contributed by atoms with Gasteiger partial charge in [0.2, 0.25) is 5.91 Å². The standard InChI is InChI=1S/C19H23ClN4O/c20-18-4-2-1-3-17(18)14-7-9-23(13-14)19(25)6-5-15-11-16-12-21-8-10-24(16)22-15/h1-4,11,14,21H,5-10,12-13H2/t14-/m0/s1. The van der Waals surface area contributed by atoms with Crippen LogP contribution in [0.5, 0.6) is 0 Å². The maximum absolute atomic E-state index is 12.6. The van der Waals surface area contributed by atoms with Crippen molar-refractivity contribution in [2.45, 2.75) is 38.3 Å². The van der Waals surface area contributed by atoms with Gasteiger partial charge in [-0.1, -0.05) is 29.8 Å². The normalized spacial score (nSPS) is 19.9. The molecule has 1 atom stereocenters. The summed E-state index contributed by atoms with van der Waals surface area (Å²) in [4.78, 5) is 14.5. The highest BCUT2D eigenvalue weighted by molar-refractivity contribution is 6.31. The summed E-state index contributed by atoms with van der Waals surface area (Å²) in [6.45, 7) is 4.33. The van der Waals surface area contributed by atoms with Crippen LogP contribution in [-0.2, 0) is 24.3 Å². The van der Waals surface area contributed by atoms with Crippen LogP contribution < -0.4 is 5.32 Å². The van der Waals surface area contributed by atoms with E-state index in [0.717, 1.165) is 55.4 Å². The van der Waals surface area contributed by atoms with Crippen molar-refractivity contribution in [3.8, 4) is 0 Å². The van der Waals surface area contributed by atoms with Gasteiger partial charge in [0.15, 0.2) is 0 Å². The Hall–Kier alpha value is -1.85. The van der Waals surface area contributed by atoms with E-state index in [1.54, 1.807) is 0 Å². The minimum atomic E-state index is 0.221. The van der Waals surface area contributed by atoms with E-state index in [0.29, 0.717) is 18.8 Å². The van der Waals surface area contributed by atoms with Crippen LogP contribution in [0.4, 0.5) is 0 Å². The minimum Gasteiger partial charge on any atom is -0.342 e. The average Bonchev–Trinajstić information content (AvgIpc) is 3.27. The zero-order chi connectivity index (χ0) is 17.2. The zero-order valence-corrected chi connectivity index (χ0v) is 15.0. The summed E-state index contributed by atoms with van der Waals surface area (Å²) in [6, 6.07) is 10.1. The van der Waals surface area contributed by atoms with Gasteiger partial charge in [-0.15, -0.1) is 0 Å². The molecule has 5 nitrogen and oxygen atoms in total. The number of halogens is 1. The van der Waals surface area contributed by atoms with E-state index >= 15 is 0 Å². The summed E-state index contributed by atoms with van der Waals surface area (Å²) in [6.07, 6.45) is 2.23. The molecule has 132 valence electrons.